The molecule has 0 N–H and O–H groups in total. The van der Waals surface area contributed by atoms with E-state index in [0.717, 1.165) is 28.4 Å². The van der Waals surface area contributed by atoms with Gasteiger partial charge in [0, 0.05) is 24.4 Å². The first-order valence-corrected chi connectivity index (χ1v) is 8.43. The fourth-order valence-corrected chi connectivity index (χ4v) is 3.95. The van der Waals surface area contributed by atoms with Gasteiger partial charge in [0.15, 0.2) is 11.4 Å². The number of nitrogens with zero attached hydrogens (tertiary/aromatic N) is 2. The van der Waals surface area contributed by atoms with Gasteiger partial charge in [-0.1, -0.05) is 31.3 Å². The van der Waals surface area contributed by atoms with E-state index in [9.17, 15) is 4.79 Å². The smallest absolute Gasteiger partial charge is 0.186 e. The van der Waals surface area contributed by atoms with Crippen LogP contribution in [0.25, 0.3) is 0 Å². The average molecular weight is 308 g/mol. The number of carbonyl (C=O) groups excluding carboxylic acids is 1. The van der Waals surface area contributed by atoms with E-state index in [1.807, 2.05) is 0 Å². The fourth-order valence-electron chi connectivity index (χ4n) is 2.03. The highest BCUT2D eigenvalue weighted by Crippen LogP contribution is 2.30. The molecule has 0 aromatic carbocycles. The summed E-state index contributed by atoms with van der Waals surface area (Å²) in [4.78, 5) is 20.1. The summed E-state index contributed by atoms with van der Waals surface area (Å²) in [6, 6.07) is 4.60. The van der Waals surface area contributed by atoms with Gasteiger partial charge >= 0.3 is 0 Å². The van der Waals surface area contributed by atoms with E-state index in [-0.39, 0.29) is 5.92 Å². The first-order valence-electron chi connectivity index (χ1n) is 6.74. The minimum absolute atomic E-state index is 0.279. The summed E-state index contributed by atoms with van der Waals surface area (Å²) in [6.07, 6.45) is 1.93. The number of aldehydes is 1. The molecule has 0 aliphatic rings. The van der Waals surface area contributed by atoms with Crippen LogP contribution in [0.15, 0.2) is 17.5 Å². The van der Waals surface area contributed by atoms with E-state index in [4.69, 9.17) is 0 Å². The van der Waals surface area contributed by atoms with Crippen LogP contribution in [-0.4, -0.2) is 24.4 Å². The van der Waals surface area contributed by atoms with Gasteiger partial charge in [-0.05, 0) is 24.3 Å². The van der Waals surface area contributed by atoms with Crippen LogP contribution in [0.4, 0.5) is 5.13 Å². The Morgan fingerprint density at radius 1 is 1.40 bits per heavy atom. The largest absolute Gasteiger partial charge is 0.348 e. The third-order valence-electron chi connectivity index (χ3n) is 3.36. The van der Waals surface area contributed by atoms with Crippen molar-refractivity contribution in [3.63, 3.8) is 0 Å². The second kappa shape index (κ2) is 6.50. The van der Waals surface area contributed by atoms with Gasteiger partial charge in [-0.2, -0.15) is 0 Å². The van der Waals surface area contributed by atoms with Gasteiger partial charge in [0.05, 0.1) is 10.6 Å². The third-order valence-corrected chi connectivity index (χ3v) is 5.35. The zero-order valence-electron chi connectivity index (χ0n) is 12.3. The average Bonchev–Trinajstić information content (AvgIpc) is 3.05. The zero-order chi connectivity index (χ0) is 14.7. The molecule has 0 aliphatic heterocycles. The molecule has 2 aromatic heterocycles. The molecule has 0 radical (unpaired) electrons. The van der Waals surface area contributed by atoms with Crippen LogP contribution in [0.5, 0.6) is 0 Å². The predicted octanol–water partition coefficient (Wildman–Crippen LogP) is 4.21. The SMILES string of the molecule is CC(C)c1nc(N(C)C(C)Cc2cccs2)sc1C=O. The molecule has 0 amide bonds. The van der Waals surface area contributed by atoms with Crippen LogP contribution < -0.4 is 4.90 Å². The summed E-state index contributed by atoms with van der Waals surface area (Å²) in [5.74, 6) is 0.279. The standard InChI is InChI=1S/C15H20N2OS2/c1-10(2)14-13(9-18)20-15(16-14)17(4)11(3)8-12-6-5-7-19-12/h5-7,9-11H,8H2,1-4H3. The highest BCUT2D eigenvalue weighted by atomic mass is 32.1. The number of anilines is 1. The molecule has 1 atom stereocenters. The quantitative estimate of drug-likeness (QED) is 0.750. The van der Waals surface area contributed by atoms with Crippen molar-refractivity contribution in [2.45, 2.75) is 39.2 Å². The molecule has 108 valence electrons. The maximum atomic E-state index is 11.1. The van der Waals surface area contributed by atoms with Crippen LogP contribution in [0.3, 0.4) is 0 Å². The molecule has 0 saturated heterocycles. The Balaban J connectivity index is 2.15. The summed E-state index contributed by atoms with van der Waals surface area (Å²) < 4.78 is 0. The topological polar surface area (TPSA) is 33.2 Å². The normalized spacial score (nSPS) is 12.7. The van der Waals surface area contributed by atoms with Crippen LogP contribution in [0.1, 0.15) is 46.9 Å². The van der Waals surface area contributed by atoms with E-state index >= 15 is 0 Å². The fraction of sp³-hybridized carbons (Fsp3) is 0.467. The maximum absolute atomic E-state index is 11.1. The molecular weight excluding hydrogens is 288 g/mol. The van der Waals surface area contributed by atoms with Gasteiger partial charge in [0.1, 0.15) is 0 Å². The van der Waals surface area contributed by atoms with Gasteiger partial charge in [0.2, 0.25) is 0 Å². The zero-order valence-corrected chi connectivity index (χ0v) is 13.9. The molecule has 2 aromatic rings. The Kier molecular flexibility index (Phi) is 4.94. The number of carbonyl (C=O) groups is 1. The molecule has 0 fully saturated rings. The van der Waals surface area contributed by atoms with Crippen LogP contribution in [-0.2, 0) is 6.42 Å². The summed E-state index contributed by atoms with van der Waals surface area (Å²) in [5.41, 5.74) is 0.912. The number of likely N-dealkylation sites (N-methyl/N-ethyl adjacent to an activating group) is 1. The molecule has 5 heteroatoms. The molecule has 0 aliphatic carbocycles. The first kappa shape index (κ1) is 15.2. The van der Waals surface area contributed by atoms with Gasteiger partial charge < -0.3 is 4.90 Å². The van der Waals surface area contributed by atoms with Crippen molar-refractivity contribution in [2.24, 2.45) is 0 Å². The summed E-state index contributed by atoms with van der Waals surface area (Å²) in [7, 11) is 2.05. The number of hydrogen-bond acceptors (Lipinski definition) is 5. The summed E-state index contributed by atoms with van der Waals surface area (Å²) >= 11 is 3.27. The minimum Gasteiger partial charge on any atom is -0.348 e. The van der Waals surface area contributed by atoms with Crippen molar-refractivity contribution >= 4 is 34.1 Å². The maximum Gasteiger partial charge on any atom is 0.186 e. The third kappa shape index (κ3) is 3.27. The Morgan fingerprint density at radius 3 is 2.65 bits per heavy atom. The van der Waals surface area contributed by atoms with E-state index in [1.54, 1.807) is 11.3 Å². The van der Waals surface area contributed by atoms with Crippen LogP contribution >= 0.6 is 22.7 Å². The Hall–Kier alpha value is -1.20. The Morgan fingerprint density at radius 2 is 2.15 bits per heavy atom. The van der Waals surface area contributed by atoms with Gasteiger partial charge in [-0.15, -0.1) is 11.3 Å². The lowest BCUT2D eigenvalue weighted by atomic mass is 10.1. The van der Waals surface area contributed by atoms with E-state index < -0.39 is 0 Å². The first-order chi connectivity index (χ1) is 9.52. The highest BCUT2D eigenvalue weighted by molar-refractivity contribution is 7.17. The lowest BCUT2D eigenvalue weighted by Gasteiger charge is -2.23. The molecular formula is C15H20N2OS2. The molecule has 3 nitrogen and oxygen atoms in total. The minimum atomic E-state index is 0.279. The van der Waals surface area contributed by atoms with Crippen molar-refractivity contribution in [1.29, 1.82) is 0 Å². The van der Waals surface area contributed by atoms with Gasteiger partial charge in [0.25, 0.3) is 0 Å². The number of aromatic nitrogens is 1. The monoisotopic (exact) mass is 308 g/mol. The van der Waals surface area contributed by atoms with E-state index in [2.05, 4.69) is 55.2 Å². The lowest BCUT2D eigenvalue weighted by molar-refractivity contribution is 0.112. The van der Waals surface area contributed by atoms with Crippen molar-refractivity contribution in [1.82, 2.24) is 4.98 Å². The molecule has 0 spiro atoms. The summed E-state index contributed by atoms with van der Waals surface area (Å²) in [6.45, 7) is 6.33. The second-order valence-electron chi connectivity index (χ2n) is 5.26. The second-order valence-corrected chi connectivity index (χ2v) is 7.30. The van der Waals surface area contributed by atoms with Gasteiger partial charge in [-0.25, -0.2) is 4.98 Å². The molecule has 2 rings (SSSR count). The lowest BCUT2D eigenvalue weighted by Crippen LogP contribution is -2.30. The number of hydrogen-bond donors (Lipinski definition) is 0. The molecule has 2 heterocycles. The van der Waals surface area contributed by atoms with Crippen molar-refractivity contribution in [3.8, 4) is 0 Å². The Labute approximate surface area is 128 Å². The molecule has 0 bridgehead atoms. The number of thiophene rings is 1. The Bertz CT molecular complexity index is 560. The van der Waals surface area contributed by atoms with Crippen molar-refractivity contribution in [3.05, 3.63) is 33.0 Å². The molecule has 20 heavy (non-hydrogen) atoms. The summed E-state index contributed by atoms with van der Waals surface area (Å²) in [5, 5.41) is 3.03. The van der Waals surface area contributed by atoms with Gasteiger partial charge in [-0.3, -0.25) is 4.79 Å². The molecule has 1 unspecified atom stereocenters. The molecule has 0 saturated carbocycles. The van der Waals surface area contributed by atoms with Crippen LogP contribution in [0, 0.1) is 0 Å². The van der Waals surface area contributed by atoms with Crippen molar-refractivity contribution < 1.29 is 4.79 Å². The van der Waals surface area contributed by atoms with E-state index in [0.29, 0.717) is 6.04 Å². The number of rotatable bonds is 6. The highest BCUT2D eigenvalue weighted by Gasteiger charge is 2.19. The van der Waals surface area contributed by atoms with Crippen LogP contribution in [0.2, 0.25) is 0 Å². The predicted molar refractivity (Wildman–Crippen MR) is 87.5 cm³/mol. The van der Waals surface area contributed by atoms with Crippen molar-refractivity contribution in [2.75, 3.05) is 11.9 Å². The number of thiazole rings is 1. The van der Waals surface area contributed by atoms with E-state index in [1.165, 1.54) is 16.2 Å².